The van der Waals surface area contributed by atoms with Crippen LogP contribution >= 0.6 is 0 Å². The van der Waals surface area contributed by atoms with E-state index in [4.69, 9.17) is 0 Å². The Morgan fingerprint density at radius 3 is 2.36 bits per heavy atom. The van der Waals surface area contributed by atoms with Crippen molar-refractivity contribution >= 4 is 38.5 Å². The lowest BCUT2D eigenvalue weighted by molar-refractivity contribution is -0.274. The number of nitrogens with zero attached hydrogens (tertiary/aromatic N) is 3. The summed E-state index contributed by atoms with van der Waals surface area (Å²) in [6.07, 6.45) is -3.29. The lowest BCUT2D eigenvalue weighted by atomic mass is 9.91. The first-order valence-electron chi connectivity index (χ1n) is 12.6. The Morgan fingerprint density at radius 2 is 1.74 bits per heavy atom. The zero-order valence-electron chi connectivity index (χ0n) is 22.3. The number of aromatic carboxylic acids is 1. The van der Waals surface area contributed by atoms with Crippen molar-refractivity contribution in [3.05, 3.63) is 87.5 Å². The third kappa shape index (κ3) is 3.85. The molecule has 0 radical (unpaired) electrons. The van der Waals surface area contributed by atoms with Crippen LogP contribution in [0.15, 0.2) is 64.4 Å². The van der Waals surface area contributed by atoms with Gasteiger partial charge in [0, 0.05) is 37.7 Å². The van der Waals surface area contributed by atoms with Gasteiger partial charge in [-0.3, -0.25) is 9.59 Å². The second-order valence-electron chi connectivity index (χ2n) is 10.5. The molecule has 4 aromatic rings. The molecule has 1 N–H and O–H groups in total. The van der Waals surface area contributed by atoms with Gasteiger partial charge in [0.25, 0.3) is 15.6 Å². The van der Waals surface area contributed by atoms with Crippen molar-refractivity contribution in [2.45, 2.75) is 35.9 Å². The molecular formula is C28H22F3N3O7S. The third-order valence-corrected chi connectivity index (χ3v) is 9.70. The Bertz CT molecular complexity index is 2010. The number of hydrogen-bond acceptors (Lipinski definition) is 6. The maximum atomic E-state index is 13.7. The lowest BCUT2D eigenvalue weighted by Crippen LogP contribution is -2.29. The largest absolute Gasteiger partial charge is 0.573 e. The highest BCUT2D eigenvalue weighted by molar-refractivity contribution is 7.90. The number of hydrogen-bond donors (Lipinski definition) is 1. The van der Waals surface area contributed by atoms with Crippen LogP contribution in [-0.4, -0.2) is 47.4 Å². The first-order chi connectivity index (χ1) is 19.6. The SMILES string of the molecule is Cc1ccc(S(=O)(=O)n2c(C(=O)O)cc3c([C@@H]4C[C@@]45C(=O)N(C)c4cc(OC(F)(F)F)ccc45)cn(C)c(=O)c32)cc1. The smallest absolute Gasteiger partial charge is 0.477 e. The number of likely N-dealkylation sites (N-methyl/N-ethyl adjacent to an activating group) is 1. The van der Waals surface area contributed by atoms with Gasteiger partial charge in [-0.15, -0.1) is 13.2 Å². The standard InChI is InChI=1S/C28H22F3N3O7S/c1-14-4-7-16(8-5-14)42(39,40)34-22(25(36)37)11-17-18(13-32(2)24(35)23(17)34)20-12-27(20)19-9-6-15(41-28(29,30)31)10-21(19)33(3)26(27)38/h4-11,13,20H,12H2,1-3H3,(H,36,37)/t20-,27-/m0/s1. The van der Waals surface area contributed by atoms with E-state index in [-0.39, 0.29) is 27.9 Å². The number of carbonyl (C=O) groups is 2. The summed E-state index contributed by atoms with van der Waals surface area (Å²) in [6, 6.07) is 10.4. The second kappa shape index (κ2) is 8.71. The van der Waals surface area contributed by atoms with Crippen LogP contribution in [0, 0.1) is 6.92 Å². The molecule has 2 aromatic heterocycles. The summed E-state index contributed by atoms with van der Waals surface area (Å²) < 4.78 is 71.6. The monoisotopic (exact) mass is 601 g/mol. The van der Waals surface area contributed by atoms with E-state index in [1.54, 1.807) is 19.1 Å². The minimum Gasteiger partial charge on any atom is -0.477 e. The van der Waals surface area contributed by atoms with Crippen LogP contribution < -0.4 is 15.2 Å². The fourth-order valence-electron chi connectivity index (χ4n) is 5.97. The van der Waals surface area contributed by atoms with Gasteiger partial charge in [-0.25, -0.2) is 17.2 Å². The van der Waals surface area contributed by atoms with E-state index in [0.29, 0.717) is 15.1 Å². The Balaban J connectivity index is 1.55. The van der Waals surface area contributed by atoms with E-state index < -0.39 is 56.6 Å². The minimum atomic E-state index is -4.93. The summed E-state index contributed by atoms with van der Waals surface area (Å²) in [4.78, 5) is 40.3. The molecule has 1 fully saturated rings. The predicted octanol–water partition coefficient (Wildman–Crippen LogP) is 3.88. The number of rotatable bonds is 5. The molecule has 10 nitrogen and oxygen atoms in total. The molecule has 1 aliphatic carbocycles. The second-order valence-corrected chi connectivity index (χ2v) is 12.3. The van der Waals surface area contributed by atoms with Gasteiger partial charge in [-0.1, -0.05) is 23.8 Å². The molecule has 1 spiro atoms. The van der Waals surface area contributed by atoms with Gasteiger partial charge in [0.1, 0.15) is 17.0 Å². The van der Waals surface area contributed by atoms with Crippen molar-refractivity contribution in [3.8, 4) is 5.75 Å². The van der Waals surface area contributed by atoms with Crippen LogP contribution in [0.2, 0.25) is 0 Å². The van der Waals surface area contributed by atoms with Crippen LogP contribution in [0.3, 0.4) is 0 Å². The number of ether oxygens (including phenoxy) is 1. The van der Waals surface area contributed by atoms with Crippen molar-refractivity contribution < 1.29 is 41.0 Å². The molecule has 6 rings (SSSR count). The van der Waals surface area contributed by atoms with Gasteiger partial charge in [0.2, 0.25) is 5.91 Å². The molecule has 0 unspecified atom stereocenters. The van der Waals surface area contributed by atoms with Gasteiger partial charge < -0.3 is 19.3 Å². The highest BCUT2D eigenvalue weighted by Crippen LogP contribution is 2.67. The molecule has 2 aromatic carbocycles. The Hall–Kier alpha value is -4.59. The lowest BCUT2D eigenvalue weighted by Gasteiger charge is -2.14. The number of aryl methyl sites for hydroxylation is 2. The van der Waals surface area contributed by atoms with E-state index in [9.17, 15) is 41.1 Å². The first-order valence-corrected chi connectivity index (χ1v) is 14.0. The Labute approximate surface area is 236 Å². The molecule has 1 saturated carbocycles. The summed E-state index contributed by atoms with van der Waals surface area (Å²) in [5.74, 6) is -3.11. The van der Waals surface area contributed by atoms with Gasteiger partial charge in [-0.05, 0) is 48.7 Å². The third-order valence-electron chi connectivity index (χ3n) is 7.97. The van der Waals surface area contributed by atoms with Gasteiger partial charge in [0.05, 0.1) is 16.0 Å². The van der Waals surface area contributed by atoms with Gasteiger partial charge >= 0.3 is 12.3 Å². The average molecular weight is 602 g/mol. The molecule has 1 amide bonds. The fourth-order valence-corrected chi connectivity index (χ4v) is 7.47. The van der Waals surface area contributed by atoms with Crippen LogP contribution in [0.25, 0.3) is 10.9 Å². The summed E-state index contributed by atoms with van der Waals surface area (Å²) >= 11 is 0. The average Bonchev–Trinajstić information content (AvgIpc) is 3.45. The van der Waals surface area contributed by atoms with Crippen molar-refractivity contribution in [2.24, 2.45) is 7.05 Å². The first kappa shape index (κ1) is 27.6. The highest BCUT2D eigenvalue weighted by Gasteiger charge is 2.67. The quantitative estimate of drug-likeness (QED) is 0.368. The molecule has 1 aliphatic heterocycles. The molecule has 42 heavy (non-hydrogen) atoms. The Kier molecular flexibility index (Phi) is 5.72. The van der Waals surface area contributed by atoms with Crippen LogP contribution in [0.4, 0.5) is 18.9 Å². The number of anilines is 1. The maximum absolute atomic E-state index is 13.7. The summed E-state index contributed by atoms with van der Waals surface area (Å²) in [6.45, 7) is 1.75. The molecule has 218 valence electrons. The topological polar surface area (TPSA) is 128 Å². The van der Waals surface area contributed by atoms with Crippen molar-refractivity contribution in [1.29, 1.82) is 0 Å². The highest BCUT2D eigenvalue weighted by atomic mass is 32.2. The number of amides is 1. The molecule has 0 bridgehead atoms. The number of pyridine rings is 1. The van der Waals surface area contributed by atoms with Crippen molar-refractivity contribution in [3.63, 3.8) is 0 Å². The molecular weight excluding hydrogens is 579 g/mol. The normalized spacial score (nSPS) is 19.9. The molecule has 0 saturated heterocycles. The molecule has 2 aliphatic rings. The number of benzene rings is 2. The van der Waals surface area contributed by atoms with Crippen LogP contribution in [0.5, 0.6) is 5.75 Å². The maximum Gasteiger partial charge on any atom is 0.573 e. The van der Waals surface area contributed by atoms with E-state index in [1.165, 1.54) is 43.4 Å². The van der Waals surface area contributed by atoms with Crippen molar-refractivity contribution in [1.82, 2.24) is 8.54 Å². The summed E-state index contributed by atoms with van der Waals surface area (Å²) in [5, 5.41) is 10.0. The zero-order valence-corrected chi connectivity index (χ0v) is 23.1. The van der Waals surface area contributed by atoms with E-state index >= 15 is 0 Å². The number of alkyl halides is 3. The van der Waals surface area contributed by atoms with Crippen LogP contribution in [0.1, 0.15) is 39.5 Å². The number of aromatic nitrogens is 2. The number of fused-ring (bicyclic) bond motifs is 3. The van der Waals surface area contributed by atoms with E-state index in [2.05, 4.69) is 4.74 Å². The predicted molar refractivity (Wildman–Crippen MR) is 143 cm³/mol. The summed E-state index contributed by atoms with van der Waals surface area (Å²) in [7, 11) is -1.74. The van der Waals surface area contributed by atoms with E-state index in [1.807, 2.05) is 0 Å². The summed E-state index contributed by atoms with van der Waals surface area (Å²) in [5.41, 5.74) is -1.22. The number of carbonyl (C=O) groups excluding carboxylic acids is 1. The molecule has 14 heteroatoms. The van der Waals surface area contributed by atoms with Crippen LogP contribution in [-0.2, 0) is 27.3 Å². The number of carboxylic acid groups (broad SMARTS) is 1. The van der Waals surface area contributed by atoms with Crippen molar-refractivity contribution in [2.75, 3.05) is 11.9 Å². The molecule has 2 atom stereocenters. The minimum absolute atomic E-state index is 0.0500. The number of carboxylic acids is 1. The van der Waals surface area contributed by atoms with Gasteiger partial charge in [0.15, 0.2) is 0 Å². The molecule has 3 heterocycles. The number of halogens is 3. The van der Waals surface area contributed by atoms with E-state index in [0.717, 1.165) is 28.3 Å². The Morgan fingerprint density at radius 1 is 1.07 bits per heavy atom. The fraction of sp³-hybridized carbons (Fsp3) is 0.250. The zero-order chi connectivity index (χ0) is 30.5. The van der Waals surface area contributed by atoms with Gasteiger partial charge in [-0.2, -0.15) is 0 Å².